The van der Waals surface area contributed by atoms with Crippen LogP contribution in [0.3, 0.4) is 0 Å². The molecule has 1 heterocycles. The highest BCUT2D eigenvalue weighted by atomic mass is 16.7. The molecule has 0 aromatic heterocycles. The van der Waals surface area contributed by atoms with E-state index < -0.39 is 0 Å². The predicted octanol–water partition coefficient (Wildman–Crippen LogP) is 2.83. The zero-order chi connectivity index (χ0) is 11.2. The number of phenols is 1. The van der Waals surface area contributed by atoms with Crippen molar-refractivity contribution in [3.05, 3.63) is 22.8 Å². The van der Waals surface area contributed by atoms with Crippen LogP contribution in [0.4, 0.5) is 0 Å². The van der Waals surface area contributed by atoms with Gasteiger partial charge in [0.15, 0.2) is 6.29 Å². The van der Waals surface area contributed by atoms with Crippen LogP contribution in [0.2, 0.25) is 0 Å². The molecular weight excluding hydrogens is 192 g/mol. The van der Waals surface area contributed by atoms with Crippen LogP contribution in [0.25, 0.3) is 0 Å². The summed E-state index contributed by atoms with van der Waals surface area (Å²) in [5, 5.41) is 9.83. The van der Waals surface area contributed by atoms with Crippen molar-refractivity contribution in [3.63, 3.8) is 0 Å². The van der Waals surface area contributed by atoms with E-state index in [1.54, 1.807) is 0 Å². The lowest BCUT2D eigenvalue weighted by Gasteiger charge is -2.30. The predicted molar refractivity (Wildman–Crippen MR) is 57.2 cm³/mol. The van der Waals surface area contributed by atoms with Crippen LogP contribution in [0.15, 0.2) is 6.07 Å². The van der Waals surface area contributed by atoms with Gasteiger partial charge in [-0.05, 0) is 39.3 Å². The fourth-order valence-corrected chi connectivity index (χ4v) is 2.12. The molecule has 1 aliphatic rings. The summed E-state index contributed by atoms with van der Waals surface area (Å²) in [4.78, 5) is 0. The van der Waals surface area contributed by atoms with Gasteiger partial charge in [0.25, 0.3) is 0 Å². The molecule has 0 bridgehead atoms. The number of fused-ring (bicyclic) bond motifs is 1. The Hall–Kier alpha value is -1.22. The third-order valence-corrected chi connectivity index (χ3v) is 2.84. The first-order valence-electron chi connectivity index (χ1n) is 5.16. The van der Waals surface area contributed by atoms with Gasteiger partial charge in [-0.1, -0.05) is 0 Å². The highest BCUT2D eigenvalue weighted by Crippen LogP contribution is 2.41. The van der Waals surface area contributed by atoms with Crippen molar-refractivity contribution >= 4 is 0 Å². The third kappa shape index (κ3) is 1.57. The van der Waals surface area contributed by atoms with Crippen LogP contribution in [-0.4, -0.2) is 11.4 Å². The standard InChI is InChI=1S/C12H16O3/c1-6-5-10-11(7(2)12(6)13)8(3)14-9(4)15-10/h5,8-9,13H,1-4H3/t8-,9-/m1/s1. The average Bonchev–Trinajstić information content (AvgIpc) is 2.13. The molecule has 0 saturated carbocycles. The van der Waals surface area contributed by atoms with E-state index in [4.69, 9.17) is 9.47 Å². The smallest absolute Gasteiger partial charge is 0.197 e. The summed E-state index contributed by atoms with van der Waals surface area (Å²) in [6.07, 6.45) is -0.258. The SMILES string of the molecule is Cc1cc2c(c(C)c1O)[C@@H](C)O[C@@H](C)O2. The minimum absolute atomic E-state index is 0.0322. The monoisotopic (exact) mass is 208 g/mol. The van der Waals surface area contributed by atoms with E-state index in [1.165, 1.54) is 0 Å². The van der Waals surface area contributed by atoms with Crippen molar-refractivity contribution in [2.45, 2.75) is 40.1 Å². The molecule has 1 aromatic rings. The Balaban J connectivity index is 2.60. The van der Waals surface area contributed by atoms with Crippen molar-refractivity contribution in [1.29, 1.82) is 0 Å². The third-order valence-electron chi connectivity index (χ3n) is 2.84. The molecule has 0 spiro atoms. The summed E-state index contributed by atoms with van der Waals surface area (Å²) in [5.41, 5.74) is 2.65. The van der Waals surface area contributed by atoms with E-state index >= 15 is 0 Å². The average molecular weight is 208 g/mol. The molecular formula is C12H16O3. The molecule has 1 N–H and O–H groups in total. The second-order valence-electron chi connectivity index (χ2n) is 4.04. The van der Waals surface area contributed by atoms with Crippen molar-refractivity contribution < 1.29 is 14.6 Å². The summed E-state index contributed by atoms with van der Waals surface area (Å²) in [6.45, 7) is 7.60. The van der Waals surface area contributed by atoms with E-state index in [1.807, 2.05) is 33.8 Å². The Morgan fingerprint density at radius 1 is 1.27 bits per heavy atom. The van der Waals surface area contributed by atoms with Crippen molar-refractivity contribution in [1.82, 2.24) is 0 Å². The fraction of sp³-hybridized carbons (Fsp3) is 0.500. The van der Waals surface area contributed by atoms with Gasteiger partial charge in [0.05, 0.1) is 6.10 Å². The number of ether oxygens (including phenoxy) is 2. The van der Waals surface area contributed by atoms with Gasteiger partial charge in [0.1, 0.15) is 11.5 Å². The molecule has 2 rings (SSSR count). The summed E-state index contributed by atoms with van der Waals surface area (Å²) in [7, 11) is 0. The van der Waals surface area contributed by atoms with Crippen molar-refractivity contribution in [3.8, 4) is 11.5 Å². The molecule has 0 unspecified atom stereocenters. The molecule has 0 aliphatic carbocycles. The Bertz CT molecular complexity index is 398. The maximum atomic E-state index is 9.83. The zero-order valence-corrected chi connectivity index (χ0v) is 9.50. The minimum atomic E-state index is -0.226. The Labute approximate surface area is 89.6 Å². The van der Waals surface area contributed by atoms with Gasteiger partial charge < -0.3 is 14.6 Å². The van der Waals surface area contributed by atoms with Gasteiger partial charge >= 0.3 is 0 Å². The lowest BCUT2D eigenvalue weighted by molar-refractivity contribution is -0.123. The van der Waals surface area contributed by atoms with Gasteiger partial charge in [0, 0.05) is 11.1 Å². The second kappa shape index (κ2) is 3.42. The van der Waals surface area contributed by atoms with E-state index in [2.05, 4.69) is 0 Å². The molecule has 2 atom stereocenters. The second-order valence-corrected chi connectivity index (χ2v) is 4.04. The highest BCUT2D eigenvalue weighted by Gasteiger charge is 2.26. The van der Waals surface area contributed by atoms with Crippen LogP contribution < -0.4 is 4.74 Å². The number of hydrogen-bond acceptors (Lipinski definition) is 3. The van der Waals surface area contributed by atoms with Gasteiger partial charge in [-0.3, -0.25) is 0 Å². The number of benzene rings is 1. The molecule has 3 nitrogen and oxygen atoms in total. The first kappa shape index (κ1) is 10.3. The topological polar surface area (TPSA) is 38.7 Å². The van der Waals surface area contributed by atoms with Crippen LogP contribution in [0.5, 0.6) is 11.5 Å². The Morgan fingerprint density at radius 2 is 1.93 bits per heavy atom. The quantitative estimate of drug-likeness (QED) is 0.712. The van der Waals surface area contributed by atoms with Crippen molar-refractivity contribution in [2.75, 3.05) is 0 Å². The van der Waals surface area contributed by atoms with Gasteiger partial charge in [-0.15, -0.1) is 0 Å². The summed E-state index contributed by atoms with van der Waals surface area (Å²) in [6, 6.07) is 1.87. The van der Waals surface area contributed by atoms with Crippen LogP contribution >= 0.6 is 0 Å². The van der Waals surface area contributed by atoms with Crippen LogP contribution in [0.1, 0.15) is 36.6 Å². The minimum Gasteiger partial charge on any atom is -0.507 e. The summed E-state index contributed by atoms with van der Waals surface area (Å²) >= 11 is 0. The first-order valence-corrected chi connectivity index (χ1v) is 5.16. The maximum absolute atomic E-state index is 9.83. The van der Waals surface area contributed by atoms with E-state index in [0.29, 0.717) is 5.75 Å². The van der Waals surface area contributed by atoms with E-state index in [-0.39, 0.29) is 12.4 Å². The number of phenolic OH excluding ortho intramolecular Hbond substituents is 1. The largest absolute Gasteiger partial charge is 0.507 e. The Kier molecular flexibility index (Phi) is 2.35. The first-order chi connectivity index (χ1) is 7.00. The lowest BCUT2D eigenvalue weighted by Crippen LogP contribution is -2.25. The molecule has 0 saturated heterocycles. The Morgan fingerprint density at radius 3 is 2.60 bits per heavy atom. The summed E-state index contributed by atoms with van der Waals surface area (Å²) in [5.74, 6) is 1.16. The van der Waals surface area contributed by atoms with Gasteiger partial charge in [-0.2, -0.15) is 0 Å². The molecule has 0 fully saturated rings. The molecule has 3 heteroatoms. The van der Waals surface area contributed by atoms with Crippen molar-refractivity contribution in [2.24, 2.45) is 0 Å². The lowest BCUT2D eigenvalue weighted by atomic mass is 9.98. The molecule has 0 radical (unpaired) electrons. The van der Waals surface area contributed by atoms with E-state index in [0.717, 1.165) is 22.4 Å². The molecule has 82 valence electrons. The molecule has 1 aliphatic heterocycles. The van der Waals surface area contributed by atoms with Crippen LogP contribution in [0, 0.1) is 13.8 Å². The highest BCUT2D eigenvalue weighted by molar-refractivity contribution is 5.53. The normalized spacial score (nSPS) is 24.5. The molecule has 15 heavy (non-hydrogen) atoms. The number of rotatable bonds is 0. The number of aryl methyl sites for hydroxylation is 1. The summed E-state index contributed by atoms with van der Waals surface area (Å²) < 4.78 is 11.1. The van der Waals surface area contributed by atoms with Gasteiger partial charge in [0.2, 0.25) is 0 Å². The maximum Gasteiger partial charge on any atom is 0.197 e. The van der Waals surface area contributed by atoms with Crippen LogP contribution in [-0.2, 0) is 4.74 Å². The number of hydrogen-bond donors (Lipinski definition) is 1. The van der Waals surface area contributed by atoms with E-state index in [9.17, 15) is 5.11 Å². The molecule has 0 amide bonds. The zero-order valence-electron chi connectivity index (χ0n) is 9.50. The van der Waals surface area contributed by atoms with Gasteiger partial charge in [-0.25, -0.2) is 0 Å². The number of aromatic hydroxyl groups is 1. The molecule has 1 aromatic carbocycles. The fourth-order valence-electron chi connectivity index (χ4n) is 2.12.